The molecular weight excluding hydrogens is 507 g/mol. The molecule has 0 fully saturated rings. The molecule has 33 heavy (non-hydrogen) atoms. The SMILES string of the molecule is CCc1c(C)sc(NC(=O)CSc2nnc(COc3cc(Cl)ccc3Cl)n2C)c1C(=O)OC. The second kappa shape index (κ2) is 11.2. The standard InChI is InChI=1S/C21H22Cl2N4O4S2/c1-5-13-11(2)33-19(18(13)20(29)30-4)24-17(28)10-32-21-26-25-16(27(21)3)9-31-15-8-12(22)6-7-14(15)23/h6-8H,5,9-10H2,1-4H3,(H,24,28). The Morgan fingerprint density at radius 2 is 2.03 bits per heavy atom. The second-order valence-electron chi connectivity index (χ2n) is 6.84. The number of thioether (sulfide) groups is 1. The Hall–Kier alpha value is -2.27. The zero-order chi connectivity index (χ0) is 24.1. The molecule has 0 unspecified atom stereocenters. The maximum absolute atomic E-state index is 12.6. The van der Waals surface area contributed by atoms with Gasteiger partial charge >= 0.3 is 5.97 Å². The van der Waals surface area contributed by atoms with E-state index in [1.165, 1.54) is 30.2 Å². The fraction of sp³-hybridized carbons (Fsp3) is 0.333. The van der Waals surface area contributed by atoms with Crippen LogP contribution in [-0.4, -0.2) is 39.5 Å². The number of benzene rings is 1. The van der Waals surface area contributed by atoms with Crippen LogP contribution in [0.1, 0.15) is 33.5 Å². The number of nitrogens with zero attached hydrogens (tertiary/aromatic N) is 3. The molecule has 3 aromatic rings. The summed E-state index contributed by atoms with van der Waals surface area (Å²) >= 11 is 14.7. The zero-order valence-electron chi connectivity index (χ0n) is 18.4. The van der Waals surface area contributed by atoms with Crippen molar-refractivity contribution in [2.45, 2.75) is 32.0 Å². The molecule has 176 valence electrons. The van der Waals surface area contributed by atoms with Gasteiger partial charge in [-0.15, -0.1) is 21.5 Å². The van der Waals surface area contributed by atoms with Crippen LogP contribution >= 0.6 is 46.3 Å². The smallest absolute Gasteiger partial charge is 0.341 e. The summed E-state index contributed by atoms with van der Waals surface area (Å²) < 4.78 is 12.3. The third kappa shape index (κ3) is 6.00. The van der Waals surface area contributed by atoms with Crippen molar-refractivity contribution in [1.29, 1.82) is 0 Å². The number of nitrogens with one attached hydrogen (secondary N) is 1. The van der Waals surface area contributed by atoms with Crippen LogP contribution in [0, 0.1) is 6.92 Å². The Morgan fingerprint density at radius 3 is 2.73 bits per heavy atom. The second-order valence-corrected chi connectivity index (χ2v) is 9.86. The number of aromatic nitrogens is 3. The van der Waals surface area contributed by atoms with Gasteiger partial charge in [-0.3, -0.25) is 4.79 Å². The van der Waals surface area contributed by atoms with E-state index in [1.807, 2.05) is 13.8 Å². The molecule has 8 nitrogen and oxygen atoms in total. The number of aryl methyl sites for hydroxylation is 1. The van der Waals surface area contributed by atoms with Gasteiger partial charge in [-0.05, 0) is 31.0 Å². The number of ether oxygens (including phenoxy) is 2. The van der Waals surface area contributed by atoms with Crippen LogP contribution in [0.2, 0.25) is 10.0 Å². The number of carbonyl (C=O) groups excluding carboxylic acids is 2. The number of rotatable bonds is 9. The van der Waals surface area contributed by atoms with Crippen molar-refractivity contribution in [3.05, 3.63) is 50.1 Å². The van der Waals surface area contributed by atoms with Crippen molar-refractivity contribution in [3.63, 3.8) is 0 Å². The molecule has 0 spiro atoms. The van der Waals surface area contributed by atoms with Gasteiger partial charge < -0.3 is 19.4 Å². The molecule has 0 aliphatic carbocycles. The minimum Gasteiger partial charge on any atom is -0.484 e. The number of hydrogen-bond acceptors (Lipinski definition) is 8. The Labute approximate surface area is 209 Å². The van der Waals surface area contributed by atoms with Crippen molar-refractivity contribution in [2.75, 3.05) is 18.2 Å². The van der Waals surface area contributed by atoms with Gasteiger partial charge in [0.1, 0.15) is 17.4 Å². The third-order valence-electron chi connectivity index (χ3n) is 4.71. The van der Waals surface area contributed by atoms with Crippen LogP contribution in [0.4, 0.5) is 5.00 Å². The quantitative estimate of drug-likeness (QED) is 0.303. The first-order valence-corrected chi connectivity index (χ1v) is 12.4. The van der Waals surface area contributed by atoms with Gasteiger partial charge in [0.15, 0.2) is 11.0 Å². The summed E-state index contributed by atoms with van der Waals surface area (Å²) in [6.07, 6.45) is 0.668. The predicted molar refractivity (Wildman–Crippen MR) is 131 cm³/mol. The number of thiophene rings is 1. The zero-order valence-corrected chi connectivity index (χ0v) is 21.5. The molecule has 1 aromatic carbocycles. The maximum atomic E-state index is 12.6. The molecule has 2 aromatic heterocycles. The fourth-order valence-corrected chi connectivity index (χ4v) is 5.24. The van der Waals surface area contributed by atoms with Crippen molar-refractivity contribution in [3.8, 4) is 5.75 Å². The summed E-state index contributed by atoms with van der Waals surface area (Å²) in [5.41, 5.74) is 1.30. The van der Waals surface area contributed by atoms with Gasteiger partial charge in [-0.25, -0.2) is 4.79 Å². The van der Waals surface area contributed by atoms with Crippen LogP contribution in [0.15, 0.2) is 23.4 Å². The van der Waals surface area contributed by atoms with Crippen molar-refractivity contribution >= 4 is 63.2 Å². The molecule has 1 amide bonds. The highest BCUT2D eigenvalue weighted by Crippen LogP contribution is 2.34. The van der Waals surface area contributed by atoms with Crippen molar-refractivity contribution < 1.29 is 19.1 Å². The molecule has 1 N–H and O–H groups in total. The minimum absolute atomic E-state index is 0.0893. The highest BCUT2D eigenvalue weighted by molar-refractivity contribution is 7.99. The van der Waals surface area contributed by atoms with Gasteiger partial charge in [0.05, 0.1) is 23.4 Å². The largest absolute Gasteiger partial charge is 0.484 e. The highest BCUT2D eigenvalue weighted by Gasteiger charge is 2.23. The highest BCUT2D eigenvalue weighted by atomic mass is 35.5. The van der Waals surface area contributed by atoms with Crippen LogP contribution < -0.4 is 10.1 Å². The molecule has 0 radical (unpaired) electrons. The Morgan fingerprint density at radius 1 is 1.27 bits per heavy atom. The molecule has 3 rings (SSSR count). The summed E-state index contributed by atoms with van der Waals surface area (Å²) in [4.78, 5) is 25.8. The van der Waals surface area contributed by atoms with Gasteiger partial charge in [0, 0.05) is 23.0 Å². The fourth-order valence-electron chi connectivity index (χ4n) is 3.03. The summed E-state index contributed by atoms with van der Waals surface area (Å²) in [5.74, 6) is 0.368. The Bertz CT molecular complexity index is 1180. The molecule has 0 atom stereocenters. The van der Waals surface area contributed by atoms with Gasteiger partial charge in [-0.1, -0.05) is 41.9 Å². The van der Waals surface area contributed by atoms with Crippen molar-refractivity contribution in [2.24, 2.45) is 7.05 Å². The normalized spacial score (nSPS) is 10.8. The summed E-state index contributed by atoms with van der Waals surface area (Å²) in [6.45, 7) is 4.01. The first-order valence-electron chi connectivity index (χ1n) is 9.84. The number of esters is 1. The molecule has 0 aliphatic heterocycles. The van der Waals surface area contributed by atoms with E-state index in [2.05, 4.69) is 15.5 Å². The van der Waals surface area contributed by atoms with E-state index in [0.717, 1.165) is 10.4 Å². The van der Waals surface area contributed by atoms with Crippen LogP contribution in [0.3, 0.4) is 0 Å². The maximum Gasteiger partial charge on any atom is 0.341 e. The average molecular weight is 529 g/mol. The molecule has 12 heteroatoms. The third-order valence-corrected chi connectivity index (χ3v) is 7.34. The number of amides is 1. The number of methoxy groups -OCH3 is 1. The average Bonchev–Trinajstić information content (AvgIpc) is 3.30. The van der Waals surface area contributed by atoms with E-state index >= 15 is 0 Å². The number of carbonyl (C=O) groups is 2. The van der Waals surface area contributed by atoms with E-state index < -0.39 is 5.97 Å². The topological polar surface area (TPSA) is 95.3 Å². The summed E-state index contributed by atoms with van der Waals surface area (Å²) in [6, 6.07) is 4.95. The lowest BCUT2D eigenvalue weighted by molar-refractivity contribution is -0.113. The van der Waals surface area contributed by atoms with Gasteiger partial charge in [-0.2, -0.15) is 0 Å². The molecule has 0 bridgehead atoms. The molecule has 2 heterocycles. The summed E-state index contributed by atoms with van der Waals surface area (Å²) in [7, 11) is 3.11. The van der Waals surface area contributed by atoms with Gasteiger partial charge in [0.25, 0.3) is 0 Å². The van der Waals surface area contributed by atoms with E-state index in [4.69, 9.17) is 32.7 Å². The Kier molecular flexibility index (Phi) is 8.63. The number of hydrogen-bond donors (Lipinski definition) is 1. The van der Waals surface area contributed by atoms with Crippen LogP contribution in [0.5, 0.6) is 5.75 Å². The number of anilines is 1. The predicted octanol–water partition coefficient (Wildman–Crippen LogP) is 5.15. The van der Waals surface area contributed by atoms with E-state index in [1.54, 1.807) is 29.8 Å². The Balaban J connectivity index is 1.62. The molecule has 0 aliphatic rings. The van der Waals surface area contributed by atoms with Crippen LogP contribution in [-0.2, 0) is 29.6 Å². The lowest BCUT2D eigenvalue weighted by Gasteiger charge is -2.09. The number of halogens is 2. The monoisotopic (exact) mass is 528 g/mol. The molecule has 0 saturated heterocycles. The summed E-state index contributed by atoms with van der Waals surface area (Å²) in [5, 5.41) is 13.1. The first kappa shape index (κ1) is 25.4. The van der Waals surface area contributed by atoms with E-state index in [-0.39, 0.29) is 18.3 Å². The molecular formula is C21H22Cl2N4O4S2. The van der Waals surface area contributed by atoms with Gasteiger partial charge in [0.2, 0.25) is 5.91 Å². The minimum atomic E-state index is -0.461. The van der Waals surface area contributed by atoms with E-state index in [0.29, 0.717) is 43.8 Å². The molecule has 0 saturated carbocycles. The van der Waals surface area contributed by atoms with E-state index in [9.17, 15) is 9.59 Å². The lowest BCUT2D eigenvalue weighted by atomic mass is 10.1. The van der Waals surface area contributed by atoms with Crippen LogP contribution in [0.25, 0.3) is 0 Å². The van der Waals surface area contributed by atoms with Crippen molar-refractivity contribution in [1.82, 2.24) is 14.8 Å². The lowest BCUT2D eigenvalue weighted by Crippen LogP contribution is -2.16. The first-order chi connectivity index (χ1) is 15.7.